The number of rotatable bonds is 8. The van der Waals surface area contributed by atoms with Gasteiger partial charge in [0.15, 0.2) is 0 Å². The Morgan fingerprint density at radius 2 is 2.05 bits per heavy atom. The fourth-order valence-corrected chi connectivity index (χ4v) is 1.96. The number of hydrogen-bond donors (Lipinski definition) is 3. The Bertz CT molecular complexity index is 545. The van der Waals surface area contributed by atoms with Gasteiger partial charge < -0.3 is 10.6 Å². The summed E-state index contributed by atoms with van der Waals surface area (Å²) in [6.45, 7) is 3.07. The van der Waals surface area contributed by atoms with Crippen LogP contribution in [-0.2, 0) is 14.8 Å². The van der Waals surface area contributed by atoms with Crippen molar-refractivity contribution < 1.29 is 13.2 Å². The molecule has 0 spiro atoms. The van der Waals surface area contributed by atoms with Gasteiger partial charge in [0.25, 0.3) is 0 Å². The third-order valence-electron chi connectivity index (χ3n) is 2.47. The van der Waals surface area contributed by atoms with Gasteiger partial charge in [0.1, 0.15) is 5.82 Å². The Kier molecular flexibility index (Phi) is 6.40. The summed E-state index contributed by atoms with van der Waals surface area (Å²) in [6.07, 6.45) is 2.88. The topological polar surface area (TPSA) is 100 Å². The molecule has 0 unspecified atom stereocenters. The van der Waals surface area contributed by atoms with E-state index in [9.17, 15) is 13.2 Å². The molecule has 0 saturated carbocycles. The molecule has 3 N–H and O–H groups in total. The Hall–Kier alpha value is -1.67. The lowest BCUT2D eigenvalue weighted by Crippen LogP contribution is -2.32. The number of pyridine rings is 1. The molecule has 0 radical (unpaired) electrons. The summed E-state index contributed by atoms with van der Waals surface area (Å²) in [5.74, 6) is 0.598. The van der Waals surface area contributed by atoms with Crippen LogP contribution in [0.1, 0.15) is 12.0 Å². The lowest BCUT2D eigenvalue weighted by Gasteiger charge is -2.09. The number of anilines is 1. The molecular formula is C12H20N4O3S. The van der Waals surface area contributed by atoms with Crippen LogP contribution < -0.4 is 15.4 Å². The van der Waals surface area contributed by atoms with Crippen LogP contribution in [-0.4, -0.2) is 45.2 Å². The summed E-state index contributed by atoms with van der Waals surface area (Å²) in [6, 6.07) is 3.81. The molecule has 8 heteroatoms. The zero-order valence-electron chi connectivity index (χ0n) is 11.6. The third-order valence-corrected chi connectivity index (χ3v) is 3.19. The minimum absolute atomic E-state index is 0.109. The fourth-order valence-electron chi connectivity index (χ4n) is 1.49. The predicted molar refractivity (Wildman–Crippen MR) is 77.9 cm³/mol. The van der Waals surface area contributed by atoms with E-state index in [0.29, 0.717) is 13.1 Å². The molecule has 1 rings (SSSR count). The SMILES string of the molecule is Cc1cccnc1NCCNC(=O)CCNS(C)(=O)=O. The second kappa shape index (κ2) is 7.81. The highest BCUT2D eigenvalue weighted by molar-refractivity contribution is 7.88. The third kappa shape index (κ3) is 7.05. The predicted octanol–water partition coefficient (Wildman–Crippen LogP) is -0.143. The quantitative estimate of drug-likeness (QED) is 0.580. The Labute approximate surface area is 119 Å². The van der Waals surface area contributed by atoms with Gasteiger partial charge in [0, 0.05) is 32.3 Å². The second-order valence-corrected chi connectivity index (χ2v) is 6.20. The number of amides is 1. The van der Waals surface area contributed by atoms with E-state index in [1.807, 2.05) is 19.1 Å². The summed E-state index contributed by atoms with van der Waals surface area (Å²) >= 11 is 0. The molecule has 1 aromatic heterocycles. The van der Waals surface area contributed by atoms with Crippen molar-refractivity contribution in [1.82, 2.24) is 15.0 Å². The number of nitrogens with zero attached hydrogens (tertiary/aromatic N) is 1. The first-order chi connectivity index (χ1) is 9.38. The largest absolute Gasteiger partial charge is 0.368 e. The van der Waals surface area contributed by atoms with Crippen LogP contribution in [0.2, 0.25) is 0 Å². The Balaban J connectivity index is 2.15. The van der Waals surface area contributed by atoms with Gasteiger partial charge in [0.05, 0.1) is 6.26 Å². The summed E-state index contributed by atoms with van der Waals surface area (Å²) in [4.78, 5) is 15.6. The number of sulfonamides is 1. The van der Waals surface area contributed by atoms with Crippen LogP contribution in [0.4, 0.5) is 5.82 Å². The molecule has 1 aromatic rings. The highest BCUT2D eigenvalue weighted by atomic mass is 32.2. The van der Waals surface area contributed by atoms with Crippen molar-refractivity contribution in [3.05, 3.63) is 23.9 Å². The average Bonchev–Trinajstić information content (AvgIpc) is 2.35. The molecule has 1 heterocycles. The van der Waals surface area contributed by atoms with Crippen molar-refractivity contribution in [2.24, 2.45) is 0 Å². The smallest absolute Gasteiger partial charge is 0.221 e. The van der Waals surface area contributed by atoms with Crippen molar-refractivity contribution in [3.8, 4) is 0 Å². The normalized spacial score (nSPS) is 11.1. The van der Waals surface area contributed by atoms with Crippen molar-refractivity contribution >= 4 is 21.7 Å². The van der Waals surface area contributed by atoms with Gasteiger partial charge in [-0.25, -0.2) is 18.1 Å². The number of nitrogens with one attached hydrogen (secondary N) is 3. The molecule has 0 saturated heterocycles. The molecule has 0 atom stereocenters. The maximum absolute atomic E-state index is 11.4. The Morgan fingerprint density at radius 3 is 2.70 bits per heavy atom. The summed E-state index contributed by atoms with van der Waals surface area (Å²) in [7, 11) is -3.24. The first kappa shape index (κ1) is 16.4. The molecule has 0 aliphatic carbocycles. The highest BCUT2D eigenvalue weighted by Crippen LogP contribution is 2.07. The van der Waals surface area contributed by atoms with Gasteiger partial charge in [-0.1, -0.05) is 6.07 Å². The number of carbonyl (C=O) groups is 1. The van der Waals surface area contributed by atoms with E-state index in [1.54, 1.807) is 6.20 Å². The molecule has 20 heavy (non-hydrogen) atoms. The van der Waals surface area contributed by atoms with Crippen LogP contribution in [0.25, 0.3) is 0 Å². The van der Waals surface area contributed by atoms with E-state index in [1.165, 1.54) is 0 Å². The van der Waals surface area contributed by atoms with E-state index in [2.05, 4.69) is 20.3 Å². The van der Waals surface area contributed by atoms with Gasteiger partial charge in [0.2, 0.25) is 15.9 Å². The molecule has 0 fully saturated rings. The van der Waals surface area contributed by atoms with E-state index in [4.69, 9.17) is 0 Å². The second-order valence-electron chi connectivity index (χ2n) is 4.36. The van der Waals surface area contributed by atoms with Gasteiger partial charge in [-0.2, -0.15) is 0 Å². The molecule has 0 bridgehead atoms. The summed E-state index contributed by atoms with van der Waals surface area (Å²) < 4.78 is 23.9. The minimum Gasteiger partial charge on any atom is -0.368 e. The van der Waals surface area contributed by atoms with Crippen molar-refractivity contribution in [1.29, 1.82) is 0 Å². The van der Waals surface area contributed by atoms with E-state index in [-0.39, 0.29) is 18.9 Å². The summed E-state index contributed by atoms with van der Waals surface area (Å²) in [5.41, 5.74) is 1.04. The van der Waals surface area contributed by atoms with Crippen LogP contribution in [0.15, 0.2) is 18.3 Å². The van der Waals surface area contributed by atoms with Crippen LogP contribution in [0.5, 0.6) is 0 Å². The first-order valence-electron chi connectivity index (χ1n) is 6.25. The zero-order chi connectivity index (χ0) is 15.0. The monoisotopic (exact) mass is 300 g/mol. The lowest BCUT2D eigenvalue weighted by molar-refractivity contribution is -0.120. The molecule has 1 amide bonds. The lowest BCUT2D eigenvalue weighted by atomic mass is 10.3. The van der Waals surface area contributed by atoms with E-state index < -0.39 is 10.0 Å². The van der Waals surface area contributed by atoms with Crippen molar-refractivity contribution in [2.45, 2.75) is 13.3 Å². The van der Waals surface area contributed by atoms with Gasteiger partial charge in [-0.15, -0.1) is 0 Å². The van der Waals surface area contributed by atoms with Crippen LogP contribution >= 0.6 is 0 Å². The van der Waals surface area contributed by atoms with E-state index in [0.717, 1.165) is 17.6 Å². The molecule has 0 aliphatic heterocycles. The van der Waals surface area contributed by atoms with Crippen LogP contribution in [0, 0.1) is 6.92 Å². The average molecular weight is 300 g/mol. The molecule has 0 aliphatic rings. The van der Waals surface area contributed by atoms with Gasteiger partial charge in [-0.05, 0) is 18.6 Å². The Morgan fingerprint density at radius 1 is 1.30 bits per heavy atom. The van der Waals surface area contributed by atoms with Gasteiger partial charge >= 0.3 is 0 Å². The maximum Gasteiger partial charge on any atom is 0.221 e. The van der Waals surface area contributed by atoms with Crippen LogP contribution in [0.3, 0.4) is 0 Å². The molecule has 0 aromatic carbocycles. The maximum atomic E-state index is 11.4. The first-order valence-corrected chi connectivity index (χ1v) is 8.14. The number of hydrogen-bond acceptors (Lipinski definition) is 5. The number of aromatic nitrogens is 1. The number of aryl methyl sites for hydroxylation is 1. The summed E-state index contributed by atoms with van der Waals surface area (Å²) in [5, 5.41) is 5.81. The van der Waals surface area contributed by atoms with Gasteiger partial charge in [-0.3, -0.25) is 4.79 Å². The zero-order valence-corrected chi connectivity index (χ0v) is 12.5. The molecule has 112 valence electrons. The standard InChI is InChI=1S/C12H20N4O3S/c1-10-4-3-6-14-12(10)15-9-8-13-11(17)5-7-16-20(2,18)19/h3-4,6,16H,5,7-9H2,1-2H3,(H,13,17)(H,14,15). The van der Waals surface area contributed by atoms with Crippen molar-refractivity contribution in [3.63, 3.8) is 0 Å². The molecule has 7 nitrogen and oxygen atoms in total. The molecular weight excluding hydrogens is 280 g/mol. The highest BCUT2D eigenvalue weighted by Gasteiger charge is 2.04. The number of carbonyl (C=O) groups excluding carboxylic acids is 1. The van der Waals surface area contributed by atoms with E-state index >= 15 is 0 Å². The van der Waals surface area contributed by atoms with Crippen molar-refractivity contribution in [2.75, 3.05) is 31.2 Å². The minimum atomic E-state index is -3.24. The fraction of sp³-hybridized carbons (Fsp3) is 0.500.